The molecule has 0 aliphatic rings. The van der Waals surface area contributed by atoms with Crippen LogP contribution in [-0.2, 0) is 0 Å². The summed E-state index contributed by atoms with van der Waals surface area (Å²) in [5, 5.41) is 23.2. The summed E-state index contributed by atoms with van der Waals surface area (Å²) in [6.45, 7) is 0. The average Bonchev–Trinajstić information content (AvgIpc) is 2.88. The number of hydrogen-bond acceptors (Lipinski definition) is 6. The minimum atomic E-state index is -0.160. The summed E-state index contributed by atoms with van der Waals surface area (Å²) in [6, 6.07) is 7.43. The van der Waals surface area contributed by atoms with E-state index in [0.717, 1.165) is 0 Å². The van der Waals surface area contributed by atoms with Crippen molar-refractivity contribution in [1.29, 1.82) is 0 Å². The van der Waals surface area contributed by atoms with Gasteiger partial charge in [-0.05, 0) is 24.3 Å². The lowest BCUT2D eigenvalue weighted by molar-refractivity contribution is 0.423. The molecule has 2 N–H and O–H groups in total. The maximum absolute atomic E-state index is 9.75. The fraction of sp³-hybridized carbons (Fsp3) is 0. The van der Waals surface area contributed by atoms with Gasteiger partial charge in [0.1, 0.15) is 17.2 Å². The Balaban J connectivity index is 2.04. The second kappa shape index (κ2) is 4.82. The van der Waals surface area contributed by atoms with Gasteiger partial charge in [-0.15, -0.1) is 0 Å². The first-order valence-corrected chi connectivity index (χ1v) is 6.00. The zero-order chi connectivity index (χ0) is 14.1. The Bertz CT molecular complexity index is 773. The predicted octanol–water partition coefficient (Wildman–Crippen LogP) is 2.86. The van der Waals surface area contributed by atoms with Crippen LogP contribution in [0.2, 0.25) is 5.02 Å². The molecule has 0 atom stereocenters. The van der Waals surface area contributed by atoms with Gasteiger partial charge in [-0.3, -0.25) is 4.98 Å². The molecule has 7 heteroatoms. The van der Waals surface area contributed by atoms with Crippen LogP contribution in [0.15, 0.2) is 41.1 Å². The van der Waals surface area contributed by atoms with E-state index in [2.05, 4.69) is 15.1 Å². The summed E-state index contributed by atoms with van der Waals surface area (Å²) in [4.78, 5) is 8.21. The minimum Gasteiger partial charge on any atom is -0.508 e. The van der Waals surface area contributed by atoms with Crippen molar-refractivity contribution in [3.05, 3.63) is 41.6 Å². The summed E-state index contributed by atoms with van der Waals surface area (Å²) in [6.07, 6.45) is 1.56. The molecule has 0 saturated heterocycles. The minimum absolute atomic E-state index is 0.0567. The molecular weight excluding hydrogens is 282 g/mol. The predicted molar refractivity (Wildman–Crippen MR) is 71.3 cm³/mol. The van der Waals surface area contributed by atoms with Gasteiger partial charge in [0.2, 0.25) is 5.82 Å². The molecule has 0 saturated carbocycles. The highest BCUT2D eigenvalue weighted by molar-refractivity contribution is 6.32. The van der Waals surface area contributed by atoms with Crippen LogP contribution in [0.5, 0.6) is 11.5 Å². The number of benzene rings is 1. The van der Waals surface area contributed by atoms with Crippen LogP contribution in [-0.4, -0.2) is 25.3 Å². The zero-order valence-corrected chi connectivity index (χ0v) is 10.7. The molecule has 2 aromatic heterocycles. The number of nitrogens with zero attached hydrogens (tertiary/aromatic N) is 3. The molecular formula is C13H8ClN3O3. The normalized spacial score (nSPS) is 10.7. The van der Waals surface area contributed by atoms with Gasteiger partial charge in [0.05, 0.1) is 10.6 Å². The molecule has 0 amide bonds. The molecule has 0 unspecified atom stereocenters. The number of phenols is 2. The van der Waals surface area contributed by atoms with Gasteiger partial charge >= 0.3 is 0 Å². The van der Waals surface area contributed by atoms with E-state index in [4.69, 9.17) is 16.1 Å². The lowest BCUT2D eigenvalue weighted by Gasteiger charge is -1.99. The Morgan fingerprint density at radius 3 is 2.75 bits per heavy atom. The number of halogens is 1. The van der Waals surface area contributed by atoms with Crippen molar-refractivity contribution in [2.75, 3.05) is 0 Å². The Labute approximate surface area is 118 Å². The molecule has 100 valence electrons. The molecule has 0 aliphatic heterocycles. The van der Waals surface area contributed by atoms with Gasteiger partial charge in [0, 0.05) is 12.3 Å². The van der Waals surface area contributed by atoms with Crippen molar-refractivity contribution in [1.82, 2.24) is 15.1 Å². The first-order chi connectivity index (χ1) is 9.65. The number of aromatic hydroxyl groups is 2. The second-order valence-corrected chi connectivity index (χ2v) is 4.37. The topological polar surface area (TPSA) is 92.3 Å². The van der Waals surface area contributed by atoms with E-state index in [1.807, 2.05) is 0 Å². The molecule has 2 heterocycles. The standard InChI is InChI=1S/C13H8ClN3O3/c14-9-2-1-5-15-11(9)12-16-13(20-17-12)8-4-3-7(18)6-10(8)19/h1-6,18-19H. The fourth-order valence-electron chi connectivity index (χ4n) is 1.68. The van der Waals surface area contributed by atoms with E-state index >= 15 is 0 Å². The lowest BCUT2D eigenvalue weighted by atomic mass is 10.2. The smallest absolute Gasteiger partial charge is 0.262 e. The number of phenolic OH excluding ortho intramolecular Hbond substituents is 2. The Kier molecular flexibility index (Phi) is 3.00. The third-order valence-electron chi connectivity index (χ3n) is 2.61. The Hall–Kier alpha value is -2.60. The van der Waals surface area contributed by atoms with Gasteiger partial charge in [-0.2, -0.15) is 4.98 Å². The van der Waals surface area contributed by atoms with Crippen LogP contribution in [0.25, 0.3) is 23.0 Å². The fourth-order valence-corrected chi connectivity index (χ4v) is 1.89. The monoisotopic (exact) mass is 289 g/mol. The van der Waals surface area contributed by atoms with Crippen LogP contribution < -0.4 is 0 Å². The quantitative estimate of drug-likeness (QED) is 0.753. The SMILES string of the molecule is Oc1ccc(-c2nc(-c3ncccc3Cl)no2)c(O)c1. The third kappa shape index (κ3) is 2.17. The van der Waals surface area contributed by atoms with E-state index in [1.165, 1.54) is 18.2 Å². The molecule has 20 heavy (non-hydrogen) atoms. The van der Waals surface area contributed by atoms with Crippen molar-refractivity contribution >= 4 is 11.6 Å². The summed E-state index contributed by atoms with van der Waals surface area (Å²) >= 11 is 6.00. The van der Waals surface area contributed by atoms with Crippen molar-refractivity contribution in [2.24, 2.45) is 0 Å². The molecule has 3 rings (SSSR count). The highest BCUT2D eigenvalue weighted by atomic mass is 35.5. The van der Waals surface area contributed by atoms with Gasteiger partial charge < -0.3 is 14.7 Å². The Morgan fingerprint density at radius 2 is 2.00 bits per heavy atom. The van der Waals surface area contributed by atoms with E-state index in [9.17, 15) is 10.2 Å². The zero-order valence-electron chi connectivity index (χ0n) is 9.99. The summed E-state index contributed by atoms with van der Waals surface area (Å²) in [5.74, 6) is 0.114. The molecule has 0 aliphatic carbocycles. The van der Waals surface area contributed by atoms with E-state index in [0.29, 0.717) is 16.3 Å². The van der Waals surface area contributed by atoms with E-state index in [1.54, 1.807) is 18.3 Å². The largest absolute Gasteiger partial charge is 0.508 e. The van der Waals surface area contributed by atoms with Gasteiger partial charge in [0.25, 0.3) is 5.89 Å². The summed E-state index contributed by atoms with van der Waals surface area (Å²) < 4.78 is 5.08. The number of pyridine rings is 1. The Morgan fingerprint density at radius 1 is 1.15 bits per heavy atom. The molecule has 0 radical (unpaired) electrons. The lowest BCUT2D eigenvalue weighted by Crippen LogP contribution is -1.86. The van der Waals surface area contributed by atoms with Gasteiger partial charge in [-0.1, -0.05) is 16.8 Å². The first kappa shape index (κ1) is 12.4. The van der Waals surface area contributed by atoms with Crippen molar-refractivity contribution in [3.63, 3.8) is 0 Å². The number of hydrogen-bond donors (Lipinski definition) is 2. The van der Waals surface area contributed by atoms with Crippen LogP contribution in [0.4, 0.5) is 0 Å². The van der Waals surface area contributed by atoms with Crippen molar-refractivity contribution in [3.8, 4) is 34.5 Å². The van der Waals surface area contributed by atoms with Crippen LogP contribution in [0, 0.1) is 0 Å². The first-order valence-electron chi connectivity index (χ1n) is 5.62. The molecule has 0 fully saturated rings. The van der Waals surface area contributed by atoms with E-state index in [-0.39, 0.29) is 23.2 Å². The maximum Gasteiger partial charge on any atom is 0.262 e. The van der Waals surface area contributed by atoms with Crippen molar-refractivity contribution in [2.45, 2.75) is 0 Å². The van der Waals surface area contributed by atoms with Gasteiger partial charge in [0.15, 0.2) is 0 Å². The van der Waals surface area contributed by atoms with Gasteiger partial charge in [-0.25, -0.2) is 0 Å². The molecule has 0 bridgehead atoms. The van der Waals surface area contributed by atoms with Crippen LogP contribution in [0.1, 0.15) is 0 Å². The van der Waals surface area contributed by atoms with E-state index < -0.39 is 0 Å². The molecule has 1 aromatic carbocycles. The molecule has 3 aromatic rings. The number of rotatable bonds is 2. The summed E-state index contributed by atoms with van der Waals surface area (Å²) in [5.41, 5.74) is 0.705. The highest BCUT2D eigenvalue weighted by Gasteiger charge is 2.16. The maximum atomic E-state index is 9.75. The molecule has 6 nitrogen and oxygen atoms in total. The van der Waals surface area contributed by atoms with Crippen molar-refractivity contribution < 1.29 is 14.7 Å². The highest BCUT2D eigenvalue weighted by Crippen LogP contribution is 2.32. The number of aromatic nitrogens is 3. The average molecular weight is 290 g/mol. The summed E-state index contributed by atoms with van der Waals surface area (Å²) in [7, 11) is 0. The van der Waals surface area contributed by atoms with Crippen LogP contribution in [0.3, 0.4) is 0 Å². The molecule has 0 spiro atoms. The van der Waals surface area contributed by atoms with Crippen LogP contribution >= 0.6 is 11.6 Å². The second-order valence-electron chi connectivity index (χ2n) is 3.96. The third-order valence-corrected chi connectivity index (χ3v) is 2.91.